The van der Waals surface area contributed by atoms with Gasteiger partial charge in [-0.15, -0.1) is 0 Å². The molecule has 0 aliphatic rings. The molecule has 0 aliphatic carbocycles. The van der Waals surface area contributed by atoms with Gasteiger partial charge in [0.2, 0.25) is 0 Å². The van der Waals surface area contributed by atoms with Gasteiger partial charge < -0.3 is 15.8 Å². The number of nitrogen functional groups attached to an aromatic ring is 1. The van der Waals surface area contributed by atoms with Gasteiger partial charge in [0.1, 0.15) is 5.00 Å². The topological polar surface area (TPSA) is 84.6 Å². The molecular weight excluding hydrogens is 294 g/mol. The minimum atomic E-state index is 0.486. The minimum absolute atomic E-state index is 0.486. The third-order valence-corrected chi connectivity index (χ3v) is 3.53. The highest BCUT2D eigenvalue weighted by molar-refractivity contribution is 7.80. The number of rotatable bonds is 7. The van der Waals surface area contributed by atoms with Crippen LogP contribution >= 0.6 is 23.8 Å². The van der Waals surface area contributed by atoms with Crippen LogP contribution in [-0.4, -0.2) is 35.0 Å². The summed E-state index contributed by atoms with van der Waals surface area (Å²) in [5, 5.41) is 8.44. The summed E-state index contributed by atoms with van der Waals surface area (Å²) in [6, 6.07) is 0. The van der Waals surface area contributed by atoms with E-state index in [1.54, 1.807) is 0 Å². The Labute approximate surface area is 128 Å². The summed E-state index contributed by atoms with van der Waals surface area (Å²) in [6.45, 7) is 7.97. The number of aryl methyl sites for hydroxylation is 1. The summed E-state index contributed by atoms with van der Waals surface area (Å²) in [5.74, 6) is 0. The second-order valence-corrected chi connectivity index (χ2v) is 5.34. The van der Waals surface area contributed by atoms with Crippen molar-refractivity contribution in [2.75, 3.05) is 25.5 Å². The molecule has 0 unspecified atom stereocenters. The minimum Gasteiger partial charge on any atom is -0.389 e. The van der Waals surface area contributed by atoms with Crippen molar-refractivity contribution in [3.63, 3.8) is 0 Å². The lowest BCUT2D eigenvalue weighted by Gasteiger charge is -2.08. The van der Waals surface area contributed by atoms with E-state index in [0.717, 1.165) is 43.1 Å². The van der Waals surface area contributed by atoms with Crippen LogP contribution in [0.4, 0.5) is 5.00 Å². The fourth-order valence-electron chi connectivity index (χ4n) is 1.58. The monoisotopic (exact) mass is 315 g/mol. The first kappa shape index (κ1) is 16.8. The first-order chi connectivity index (χ1) is 9.56. The largest absolute Gasteiger partial charge is 0.389 e. The SMILES string of the molecule is CCOCCCNC(=S)N/N=C(/C)c1c(C)nsc1N. The molecule has 0 aliphatic heterocycles. The van der Waals surface area contributed by atoms with Crippen LogP contribution < -0.4 is 16.5 Å². The number of thiocarbonyl (C=S) groups is 1. The molecule has 0 amide bonds. The normalized spacial score (nSPS) is 11.4. The van der Waals surface area contributed by atoms with E-state index in [0.29, 0.717) is 10.1 Å². The van der Waals surface area contributed by atoms with Crippen LogP contribution in [0, 0.1) is 6.92 Å². The lowest BCUT2D eigenvalue weighted by molar-refractivity contribution is 0.145. The molecular formula is C12H21N5OS2. The van der Waals surface area contributed by atoms with E-state index in [1.165, 1.54) is 11.5 Å². The zero-order chi connectivity index (χ0) is 15.0. The molecule has 0 fully saturated rings. The van der Waals surface area contributed by atoms with E-state index in [4.69, 9.17) is 22.7 Å². The van der Waals surface area contributed by atoms with Crippen molar-refractivity contribution in [2.45, 2.75) is 27.2 Å². The van der Waals surface area contributed by atoms with Gasteiger partial charge in [-0.25, -0.2) is 0 Å². The number of anilines is 1. The molecule has 0 saturated carbocycles. The Morgan fingerprint density at radius 2 is 2.30 bits per heavy atom. The van der Waals surface area contributed by atoms with Crippen LogP contribution in [0.5, 0.6) is 0 Å². The molecule has 1 aromatic heterocycles. The maximum Gasteiger partial charge on any atom is 0.186 e. The van der Waals surface area contributed by atoms with Crippen molar-refractivity contribution in [3.8, 4) is 0 Å². The van der Waals surface area contributed by atoms with Gasteiger partial charge in [-0.3, -0.25) is 5.43 Å². The average molecular weight is 315 g/mol. The van der Waals surface area contributed by atoms with Crippen LogP contribution in [0.25, 0.3) is 0 Å². The van der Waals surface area contributed by atoms with Crippen molar-refractivity contribution < 1.29 is 4.74 Å². The molecule has 0 atom stereocenters. The van der Waals surface area contributed by atoms with Crippen molar-refractivity contribution in [1.82, 2.24) is 15.1 Å². The zero-order valence-electron chi connectivity index (χ0n) is 12.0. The first-order valence-electron chi connectivity index (χ1n) is 6.44. The van der Waals surface area contributed by atoms with Gasteiger partial charge in [0.25, 0.3) is 0 Å². The van der Waals surface area contributed by atoms with E-state index in [9.17, 15) is 0 Å². The lowest BCUT2D eigenvalue weighted by atomic mass is 10.2. The molecule has 4 N–H and O–H groups in total. The molecule has 1 rings (SSSR count). The highest BCUT2D eigenvalue weighted by atomic mass is 32.1. The van der Waals surface area contributed by atoms with E-state index in [2.05, 4.69) is 20.2 Å². The Kier molecular flexibility index (Phi) is 7.42. The quantitative estimate of drug-likeness (QED) is 0.307. The number of hydrogen-bond donors (Lipinski definition) is 3. The number of nitrogens with one attached hydrogen (secondary N) is 2. The average Bonchev–Trinajstić information content (AvgIpc) is 2.75. The second-order valence-electron chi connectivity index (χ2n) is 4.12. The number of nitrogens with two attached hydrogens (primary N) is 1. The predicted octanol–water partition coefficient (Wildman–Crippen LogP) is 1.65. The van der Waals surface area contributed by atoms with Crippen LogP contribution in [0.15, 0.2) is 5.10 Å². The molecule has 0 aromatic carbocycles. The van der Waals surface area contributed by atoms with Gasteiger partial charge in [-0.2, -0.15) is 9.47 Å². The number of hydrogen-bond acceptors (Lipinski definition) is 6. The van der Waals surface area contributed by atoms with Gasteiger partial charge in [-0.1, -0.05) is 0 Å². The van der Waals surface area contributed by atoms with Crippen LogP contribution in [-0.2, 0) is 4.74 Å². The lowest BCUT2D eigenvalue weighted by Crippen LogP contribution is -2.33. The maximum atomic E-state index is 5.86. The molecule has 0 saturated heterocycles. The molecule has 0 radical (unpaired) electrons. The van der Waals surface area contributed by atoms with Crippen molar-refractivity contribution >= 4 is 39.6 Å². The number of aromatic nitrogens is 1. The molecule has 0 spiro atoms. The van der Waals surface area contributed by atoms with Crippen molar-refractivity contribution in [1.29, 1.82) is 0 Å². The van der Waals surface area contributed by atoms with E-state index < -0.39 is 0 Å². The van der Waals surface area contributed by atoms with E-state index >= 15 is 0 Å². The summed E-state index contributed by atoms with van der Waals surface area (Å²) >= 11 is 6.40. The molecule has 1 heterocycles. The summed E-state index contributed by atoms with van der Waals surface area (Å²) < 4.78 is 9.43. The van der Waals surface area contributed by atoms with Gasteiger partial charge >= 0.3 is 0 Å². The molecule has 0 bridgehead atoms. The highest BCUT2D eigenvalue weighted by Crippen LogP contribution is 2.21. The Hall–Kier alpha value is -1.25. The summed E-state index contributed by atoms with van der Waals surface area (Å²) in [5.41, 5.74) is 11.2. The zero-order valence-corrected chi connectivity index (χ0v) is 13.7. The van der Waals surface area contributed by atoms with Gasteiger partial charge in [0.15, 0.2) is 5.11 Å². The Balaban J connectivity index is 2.37. The number of hydrazone groups is 1. The molecule has 6 nitrogen and oxygen atoms in total. The summed E-state index contributed by atoms with van der Waals surface area (Å²) in [6.07, 6.45) is 0.902. The van der Waals surface area contributed by atoms with Crippen molar-refractivity contribution in [2.24, 2.45) is 5.10 Å². The smallest absolute Gasteiger partial charge is 0.186 e. The van der Waals surface area contributed by atoms with Crippen molar-refractivity contribution in [3.05, 3.63) is 11.3 Å². The maximum absolute atomic E-state index is 5.86. The molecule has 1 aromatic rings. The highest BCUT2D eigenvalue weighted by Gasteiger charge is 2.10. The Morgan fingerprint density at radius 3 is 2.90 bits per heavy atom. The predicted molar refractivity (Wildman–Crippen MR) is 88.3 cm³/mol. The molecule has 20 heavy (non-hydrogen) atoms. The fourth-order valence-corrected chi connectivity index (χ4v) is 2.44. The van der Waals surface area contributed by atoms with E-state index in [-0.39, 0.29) is 0 Å². The molecule has 8 heteroatoms. The third-order valence-electron chi connectivity index (χ3n) is 2.53. The van der Waals surface area contributed by atoms with Crippen LogP contribution in [0.2, 0.25) is 0 Å². The summed E-state index contributed by atoms with van der Waals surface area (Å²) in [7, 11) is 0. The Bertz CT molecular complexity index is 453. The van der Waals surface area contributed by atoms with Gasteiger partial charge in [0.05, 0.1) is 17.0 Å². The first-order valence-corrected chi connectivity index (χ1v) is 7.62. The Morgan fingerprint density at radius 1 is 1.55 bits per heavy atom. The van der Waals surface area contributed by atoms with Crippen LogP contribution in [0.3, 0.4) is 0 Å². The third kappa shape index (κ3) is 5.40. The fraction of sp³-hybridized carbons (Fsp3) is 0.583. The van der Waals surface area contributed by atoms with Gasteiger partial charge in [0, 0.05) is 19.8 Å². The van der Waals surface area contributed by atoms with Gasteiger partial charge in [-0.05, 0) is 50.9 Å². The number of nitrogens with zero attached hydrogens (tertiary/aromatic N) is 2. The van der Waals surface area contributed by atoms with Crippen LogP contribution in [0.1, 0.15) is 31.5 Å². The second kappa shape index (κ2) is 8.83. The number of ether oxygens (including phenoxy) is 1. The van der Waals surface area contributed by atoms with E-state index in [1.807, 2.05) is 20.8 Å². The summed E-state index contributed by atoms with van der Waals surface area (Å²) in [4.78, 5) is 0. The standard InChI is InChI=1S/C12H21N5OS2/c1-4-18-7-5-6-14-12(19)16-15-8(2)10-9(3)17-20-11(10)13/h4-7,13H2,1-3H3,(H2,14,16,19)/b15-8-. The molecule has 112 valence electrons.